The molecular weight excluding hydrogens is 376 g/mol. The van der Waals surface area contributed by atoms with Crippen molar-refractivity contribution < 1.29 is 19.0 Å². The number of esters is 1. The van der Waals surface area contributed by atoms with E-state index in [-0.39, 0.29) is 19.0 Å². The highest BCUT2D eigenvalue weighted by molar-refractivity contribution is 7.80. The number of hydrogen-bond donors (Lipinski definition) is 2. The van der Waals surface area contributed by atoms with Gasteiger partial charge < -0.3 is 24.8 Å². The lowest BCUT2D eigenvalue weighted by molar-refractivity contribution is 0.0526. The fourth-order valence-corrected chi connectivity index (χ4v) is 2.76. The maximum atomic E-state index is 11.9. The largest absolute Gasteiger partial charge is 0.462 e. The van der Waals surface area contributed by atoms with Crippen molar-refractivity contribution >= 4 is 40.6 Å². The first-order valence-corrected chi connectivity index (χ1v) is 8.75. The first kappa shape index (κ1) is 18.3. The predicted molar refractivity (Wildman–Crippen MR) is 103 cm³/mol. The highest BCUT2D eigenvalue weighted by Crippen LogP contribution is 2.32. The Morgan fingerprint density at radius 3 is 2.85 bits per heavy atom. The highest BCUT2D eigenvalue weighted by Gasteiger charge is 2.14. The van der Waals surface area contributed by atoms with Gasteiger partial charge in [0.2, 0.25) is 6.79 Å². The van der Waals surface area contributed by atoms with Gasteiger partial charge in [-0.15, -0.1) is 0 Å². The van der Waals surface area contributed by atoms with Gasteiger partial charge in [0.1, 0.15) is 0 Å². The van der Waals surface area contributed by atoms with Crippen molar-refractivity contribution in [1.82, 2.24) is 5.32 Å². The lowest BCUT2D eigenvalue weighted by Gasteiger charge is -2.12. The fraction of sp³-hybridized carbons (Fsp3) is 0.222. The molecule has 0 aromatic heterocycles. The van der Waals surface area contributed by atoms with Gasteiger partial charge in [0.05, 0.1) is 17.2 Å². The van der Waals surface area contributed by atoms with Crippen molar-refractivity contribution in [3.05, 3.63) is 52.5 Å². The normalized spacial score (nSPS) is 11.8. The molecule has 2 aromatic rings. The van der Waals surface area contributed by atoms with Crippen LogP contribution in [0.15, 0.2) is 36.4 Å². The van der Waals surface area contributed by atoms with Gasteiger partial charge >= 0.3 is 5.97 Å². The molecule has 3 rings (SSSR count). The van der Waals surface area contributed by atoms with E-state index in [4.69, 9.17) is 38.0 Å². The maximum Gasteiger partial charge on any atom is 0.339 e. The van der Waals surface area contributed by atoms with E-state index in [1.54, 1.807) is 25.1 Å². The summed E-state index contributed by atoms with van der Waals surface area (Å²) in [4.78, 5) is 11.9. The quantitative estimate of drug-likeness (QED) is 0.593. The molecule has 1 aliphatic rings. The Hall–Kier alpha value is -2.51. The molecule has 0 fully saturated rings. The van der Waals surface area contributed by atoms with Crippen LogP contribution < -0.4 is 20.1 Å². The standard InChI is InChI=1S/C18H17ClN2O4S/c1-2-23-17(22)13-8-12(4-5-14(13)19)21-18(26)20-9-11-3-6-15-16(7-11)25-10-24-15/h3-8H,2,9-10H2,1H3,(H2,20,21,26). The number of carbonyl (C=O) groups is 1. The van der Waals surface area contributed by atoms with Crippen LogP contribution in [-0.4, -0.2) is 24.5 Å². The van der Waals surface area contributed by atoms with Crippen molar-refractivity contribution in [2.24, 2.45) is 0 Å². The molecule has 0 unspecified atom stereocenters. The number of rotatable bonds is 5. The summed E-state index contributed by atoms with van der Waals surface area (Å²) >= 11 is 11.4. The van der Waals surface area contributed by atoms with Crippen LogP contribution >= 0.6 is 23.8 Å². The molecule has 0 aliphatic carbocycles. The molecule has 0 atom stereocenters. The zero-order valence-electron chi connectivity index (χ0n) is 14.0. The Labute approximate surface area is 161 Å². The number of halogens is 1. The number of anilines is 1. The molecule has 8 heteroatoms. The number of hydrogen-bond acceptors (Lipinski definition) is 5. The maximum absolute atomic E-state index is 11.9. The minimum atomic E-state index is -0.472. The van der Waals surface area contributed by atoms with Crippen molar-refractivity contribution in [3.8, 4) is 11.5 Å². The summed E-state index contributed by atoms with van der Waals surface area (Å²) in [5.74, 6) is 0.988. The van der Waals surface area contributed by atoms with E-state index in [0.29, 0.717) is 22.4 Å². The Morgan fingerprint density at radius 1 is 1.23 bits per heavy atom. The van der Waals surface area contributed by atoms with Gasteiger partial charge in [-0.05, 0) is 55.0 Å². The third-order valence-electron chi connectivity index (χ3n) is 3.61. The lowest BCUT2D eigenvalue weighted by atomic mass is 10.2. The summed E-state index contributed by atoms with van der Waals surface area (Å²) in [6, 6.07) is 10.7. The minimum Gasteiger partial charge on any atom is -0.462 e. The number of nitrogens with one attached hydrogen (secondary N) is 2. The number of ether oxygens (including phenoxy) is 3. The molecule has 6 nitrogen and oxygen atoms in total. The average Bonchev–Trinajstić information content (AvgIpc) is 3.09. The molecule has 2 N–H and O–H groups in total. The Bertz CT molecular complexity index is 844. The number of fused-ring (bicyclic) bond motifs is 1. The Kier molecular flexibility index (Phi) is 5.80. The van der Waals surface area contributed by atoms with E-state index in [9.17, 15) is 4.79 Å². The van der Waals surface area contributed by atoms with Crippen LogP contribution in [0.3, 0.4) is 0 Å². The van der Waals surface area contributed by atoms with Crippen LogP contribution in [0.2, 0.25) is 5.02 Å². The molecular formula is C18H17ClN2O4S. The van der Waals surface area contributed by atoms with E-state index in [1.165, 1.54) is 0 Å². The minimum absolute atomic E-state index is 0.242. The summed E-state index contributed by atoms with van der Waals surface area (Å²) in [6.45, 7) is 2.78. The van der Waals surface area contributed by atoms with Gasteiger partial charge in [-0.1, -0.05) is 17.7 Å². The molecule has 0 spiro atoms. The van der Waals surface area contributed by atoms with Gasteiger partial charge in [0.15, 0.2) is 16.6 Å². The predicted octanol–water partition coefficient (Wildman–Crippen LogP) is 3.73. The van der Waals surface area contributed by atoms with Gasteiger partial charge in [-0.3, -0.25) is 0 Å². The third kappa shape index (κ3) is 4.36. The Balaban J connectivity index is 1.59. The molecule has 0 saturated carbocycles. The second-order valence-electron chi connectivity index (χ2n) is 5.41. The molecule has 0 saturated heterocycles. The molecule has 0 amide bonds. The second kappa shape index (κ2) is 8.25. The van der Waals surface area contributed by atoms with Crippen LogP contribution in [0.5, 0.6) is 11.5 Å². The first-order valence-electron chi connectivity index (χ1n) is 7.97. The first-order chi connectivity index (χ1) is 12.6. The van der Waals surface area contributed by atoms with Crippen molar-refractivity contribution in [1.29, 1.82) is 0 Å². The van der Waals surface area contributed by atoms with Gasteiger partial charge in [-0.25, -0.2) is 4.79 Å². The molecule has 136 valence electrons. The van der Waals surface area contributed by atoms with Crippen molar-refractivity contribution in [2.75, 3.05) is 18.7 Å². The third-order valence-corrected chi connectivity index (χ3v) is 4.19. The second-order valence-corrected chi connectivity index (χ2v) is 6.23. The topological polar surface area (TPSA) is 68.8 Å². The van der Waals surface area contributed by atoms with Crippen LogP contribution in [-0.2, 0) is 11.3 Å². The summed E-state index contributed by atoms with van der Waals surface area (Å²) in [5, 5.41) is 6.87. The summed E-state index contributed by atoms with van der Waals surface area (Å²) in [5.41, 5.74) is 1.93. The van der Waals surface area contributed by atoms with Crippen molar-refractivity contribution in [2.45, 2.75) is 13.5 Å². The van der Waals surface area contributed by atoms with Gasteiger partial charge in [-0.2, -0.15) is 0 Å². The number of carbonyl (C=O) groups excluding carboxylic acids is 1. The fourth-order valence-electron chi connectivity index (χ4n) is 2.38. The zero-order valence-corrected chi connectivity index (χ0v) is 15.6. The molecule has 26 heavy (non-hydrogen) atoms. The van der Waals surface area contributed by atoms with E-state index < -0.39 is 5.97 Å². The molecule has 0 radical (unpaired) electrons. The number of benzene rings is 2. The summed E-state index contributed by atoms with van der Waals surface area (Å²) in [7, 11) is 0. The van der Waals surface area contributed by atoms with Crippen molar-refractivity contribution in [3.63, 3.8) is 0 Å². The van der Waals surface area contributed by atoms with Crippen LogP contribution in [0.1, 0.15) is 22.8 Å². The molecule has 2 aromatic carbocycles. The molecule has 1 heterocycles. The smallest absolute Gasteiger partial charge is 0.339 e. The monoisotopic (exact) mass is 392 g/mol. The van der Waals surface area contributed by atoms with E-state index in [1.807, 2.05) is 18.2 Å². The van der Waals surface area contributed by atoms with E-state index in [2.05, 4.69) is 10.6 Å². The Morgan fingerprint density at radius 2 is 2.04 bits per heavy atom. The van der Waals surface area contributed by atoms with E-state index >= 15 is 0 Å². The van der Waals surface area contributed by atoms with Crippen LogP contribution in [0.4, 0.5) is 5.69 Å². The highest BCUT2D eigenvalue weighted by atomic mass is 35.5. The SMILES string of the molecule is CCOC(=O)c1cc(NC(=S)NCc2ccc3c(c2)OCO3)ccc1Cl. The van der Waals surface area contributed by atoms with Crippen LogP contribution in [0.25, 0.3) is 0 Å². The average molecular weight is 393 g/mol. The van der Waals surface area contributed by atoms with Gasteiger partial charge in [0.25, 0.3) is 0 Å². The van der Waals surface area contributed by atoms with Crippen LogP contribution in [0, 0.1) is 0 Å². The van der Waals surface area contributed by atoms with E-state index in [0.717, 1.165) is 17.1 Å². The lowest BCUT2D eigenvalue weighted by Crippen LogP contribution is -2.28. The molecule has 0 bridgehead atoms. The molecule has 1 aliphatic heterocycles. The summed E-state index contributed by atoms with van der Waals surface area (Å²) in [6.07, 6.45) is 0. The zero-order chi connectivity index (χ0) is 18.5. The summed E-state index contributed by atoms with van der Waals surface area (Å²) < 4.78 is 15.6. The number of thiocarbonyl (C=S) groups is 1. The van der Waals surface area contributed by atoms with Gasteiger partial charge in [0, 0.05) is 12.2 Å².